The van der Waals surface area contributed by atoms with Crippen LogP contribution < -0.4 is 10.6 Å². The lowest BCUT2D eigenvalue weighted by Gasteiger charge is -2.49. The molecule has 1 unspecified atom stereocenters. The average Bonchev–Trinajstić information content (AvgIpc) is 1.28. The number of oxime groups is 1. The Bertz CT molecular complexity index is 3630. The Morgan fingerprint density at radius 1 is 0.651 bits per heavy atom. The van der Waals surface area contributed by atoms with Gasteiger partial charge in [0, 0.05) is 39.9 Å². The highest BCUT2D eigenvalue weighted by molar-refractivity contribution is 8.00. The van der Waals surface area contributed by atoms with E-state index < -0.39 is 58.6 Å². The fourth-order valence-electron chi connectivity index (χ4n) is 11.6. The standard InChI is InChI=1S/C70H60N6O8S2/c77-44-57-42-25-43-75(57)68(81)82-45-50-46-85-65-60(64(79)76(65)61(50)66(80)83-62(48-26-9-1-10-27-48)49-28-11-2-12-29-49)72-63(78)59(74-84-70(54-36-19-6-20-37-54,55-38-21-7-22-39-55)56-40-23-8-24-41-56)58-47-86-67(71-58)73-69(51-30-13-3-14-31-51,52-32-15-4-16-33-52)53-34-17-5-18-35-53/h1-24,26-41,47,57,60,62,65,77H,25,42-46H2,(H,71,73)(H,72,78)/b74-59-/t57-,60?,65+/m0/s1. The summed E-state index contributed by atoms with van der Waals surface area (Å²) >= 11 is 2.58. The zero-order valence-electron chi connectivity index (χ0n) is 46.6. The lowest BCUT2D eigenvalue weighted by atomic mass is 9.77. The van der Waals surface area contributed by atoms with Gasteiger partial charge in [0.2, 0.25) is 5.60 Å². The third kappa shape index (κ3) is 11.3. The third-order valence-corrected chi connectivity index (χ3v) is 17.9. The molecule has 3 aliphatic rings. The molecule has 0 saturated carbocycles. The molecule has 86 heavy (non-hydrogen) atoms. The van der Waals surface area contributed by atoms with Crippen molar-refractivity contribution >= 4 is 57.8 Å². The molecule has 3 atom stereocenters. The van der Waals surface area contributed by atoms with Gasteiger partial charge in [0.15, 0.2) is 16.9 Å². The number of hydrogen-bond donors (Lipinski definition) is 3. The van der Waals surface area contributed by atoms with Gasteiger partial charge in [-0.2, -0.15) is 0 Å². The first kappa shape index (κ1) is 56.9. The van der Waals surface area contributed by atoms with E-state index in [-0.39, 0.29) is 36.1 Å². The highest BCUT2D eigenvalue weighted by Crippen LogP contribution is 2.45. The largest absolute Gasteiger partial charge is 0.448 e. The second-order valence-corrected chi connectivity index (χ2v) is 22.9. The number of anilines is 1. The number of carbonyl (C=O) groups is 4. The summed E-state index contributed by atoms with van der Waals surface area (Å²) < 4.78 is 12.3. The Kier molecular flexibility index (Phi) is 17.0. The fraction of sp³-hybridized carbons (Fsp3) is 0.171. The molecule has 12 rings (SSSR count). The van der Waals surface area contributed by atoms with Crippen LogP contribution in [0, 0.1) is 0 Å². The number of aliphatic hydroxyl groups excluding tert-OH is 1. The predicted octanol–water partition coefficient (Wildman–Crippen LogP) is 11.8. The highest BCUT2D eigenvalue weighted by Gasteiger charge is 2.55. The molecule has 3 amide bonds. The number of β-lactam (4-membered cyclic amide) rings is 1. The van der Waals surface area contributed by atoms with E-state index >= 15 is 14.4 Å². The Labute approximate surface area is 506 Å². The monoisotopic (exact) mass is 1180 g/mol. The number of esters is 1. The lowest BCUT2D eigenvalue weighted by molar-refractivity contribution is -0.154. The first-order valence-electron chi connectivity index (χ1n) is 28.4. The molecule has 3 N–H and O–H groups in total. The number of ether oxygens (including phenoxy) is 2. The van der Waals surface area contributed by atoms with Crippen LogP contribution in [0.15, 0.2) is 264 Å². The van der Waals surface area contributed by atoms with Gasteiger partial charge in [0.1, 0.15) is 35.0 Å². The van der Waals surface area contributed by atoms with E-state index in [1.165, 1.54) is 32.9 Å². The zero-order valence-corrected chi connectivity index (χ0v) is 48.3. The number of likely N-dealkylation sites (tertiary alicyclic amines) is 1. The molecular weight excluding hydrogens is 1120 g/mol. The van der Waals surface area contributed by atoms with E-state index in [1.54, 1.807) is 5.38 Å². The minimum atomic E-state index is -1.41. The van der Waals surface area contributed by atoms with Gasteiger partial charge < -0.3 is 35.0 Å². The Morgan fingerprint density at radius 2 is 1.12 bits per heavy atom. The fourth-order valence-corrected chi connectivity index (χ4v) is 13.7. The molecule has 1 aromatic heterocycles. The van der Waals surface area contributed by atoms with E-state index in [1.807, 2.05) is 206 Å². The molecule has 4 heterocycles. The third-order valence-electron chi connectivity index (χ3n) is 15.8. The van der Waals surface area contributed by atoms with Gasteiger partial charge in [-0.25, -0.2) is 14.6 Å². The van der Waals surface area contributed by atoms with Crippen molar-refractivity contribution in [1.82, 2.24) is 20.1 Å². The van der Waals surface area contributed by atoms with Crippen LogP contribution in [-0.2, 0) is 39.8 Å². The molecule has 14 nitrogen and oxygen atoms in total. The molecule has 2 saturated heterocycles. The average molecular weight is 1180 g/mol. The van der Waals surface area contributed by atoms with E-state index in [0.717, 1.165) is 33.4 Å². The minimum Gasteiger partial charge on any atom is -0.448 e. The normalized spacial score (nSPS) is 16.9. The molecule has 2 fully saturated rings. The number of aliphatic hydroxyl groups is 1. The van der Waals surface area contributed by atoms with Crippen molar-refractivity contribution < 1.29 is 38.6 Å². The van der Waals surface area contributed by atoms with Crippen molar-refractivity contribution in [3.8, 4) is 0 Å². The number of rotatable bonds is 20. The van der Waals surface area contributed by atoms with Crippen molar-refractivity contribution in [3.05, 3.63) is 310 Å². The number of nitrogens with zero attached hydrogens (tertiary/aromatic N) is 4. The van der Waals surface area contributed by atoms with E-state index in [0.29, 0.717) is 41.2 Å². The van der Waals surface area contributed by atoms with Gasteiger partial charge in [0.05, 0.1) is 12.6 Å². The molecule has 16 heteroatoms. The minimum absolute atomic E-state index is 0.0846. The molecule has 0 bridgehead atoms. The highest BCUT2D eigenvalue weighted by atomic mass is 32.2. The Hall–Kier alpha value is -9.61. The summed E-state index contributed by atoms with van der Waals surface area (Å²) in [5, 5.41) is 23.1. The van der Waals surface area contributed by atoms with Crippen LogP contribution in [0.1, 0.15) is 69.1 Å². The van der Waals surface area contributed by atoms with Gasteiger partial charge in [-0.3, -0.25) is 14.5 Å². The summed E-state index contributed by atoms with van der Waals surface area (Å²) in [4.78, 5) is 74.3. The van der Waals surface area contributed by atoms with E-state index in [4.69, 9.17) is 24.5 Å². The summed E-state index contributed by atoms with van der Waals surface area (Å²) in [5.74, 6) is -2.06. The van der Waals surface area contributed by atoms with E-state index in [2.05, 4.69) is 47.0 Å². The first-order valence-corrected chi connectivity index (χ1v) is 30.4. The Morgan fingerprint density at radius 3 is 1.59 bits per heavy atom. The number of carbonyl (C=O) groups excluding carboxylic acids is 4. The number of nitrogens with one attached hydrogen (secondary N) is 2. The zero-order chi connectivity index (χ0) is 58.9. The molecule has 0 radical (unpaired) electrons. The predicted molar refractivity (Wildman–Crippen MR) is 333 cm³/mol. The molecule has 430 valence electrons. The summed E-state index contributed by atoms with van der Waals surface area (Å²) in [6.07, 6.45) is -0.181. The molecule has 3 aliphatic heterocycles. The van der Waals surface area contributed by atoms with Gasteiger partial charge >= 0.3 is 12.1 Å². The smallest absolute Gasteiger partial charge is 0.410 e. The maximum absolute atomic E-state index is 15.6. The van der Waals surface area contributed by atoms with Gasteiger partial charge in [0.25, 0.3) is 11.8 Å². The number of benzene rings is 8. The maximum Gasteiger partial charge on any atom is 0.410 e. The molecule has 8 aromatic carbocycles. The quantitative estimate of drug-likeness (QED) is 0.0218. The number of thioether (sulfide) groups is 1. The molecular formula is C70H60N6O8S2. The van der Waals surface area contributed by atoms with Gasteiger partial charge in [-0.15, -0.1) is 23.1 Å². The van der Waals surface area contributed by atoms with Crippen molar-refractivity contribution in [2.75, 3.05) is 30.8 Å². The van der Waals surface area contributed by atoms with E-state index in [9.17, 15) is 9.90 Å². The maximum atomic E-state index is 15.6. The summed E-state index contributed by atoms with van der Waals surface area (Å²) in [5.41, 5.74) is 4.21. The topological polar surface area (TPSA) is 172 Å². The van der Waals surface area contributed by atoms with Crippen LogP contribution in [0.25, 0.3) is 0 Å². The van der Waals surface area contributed by atoms with Crippen molar-refractivity contribution in [2.24, 2.45) is 5.16 Å². The Balaban J connectivity index is 0.927. The lowest BCUT2D eigenvalue weighted by Crippen LogP contribution is -2.71. The van der Waals surface area contributed by atoms with Crippen molar-refractivity contribution in [3.63, 3.8) is 0 Å². The van der Waals surface area contributed by atoms with Gasteiger partial charge in [-0.05, 0) is 40.7 Å². The second kappa shape index (κ2) is 25.7. The summed E-state index contributed by atoms with van der Waals surface area (Å²) in [7, 11) is 0. The SMILES string of the molecule is O=C(OC(c1ccccc1)c1ccccc1)C1=C(COC(=O)N2CCC[C@H]2CO)CS[C@@H]2C(NC(=O)/C(=N\OC(c3ccccc3)(c3ccccc3)c3ccccc3)c3csc(NC(c4ccccc4)(c4ccccc4)c4ccccc4)n3)C(=O)N12. The van der Waals surface area contributed by atoms with Crippen molar-refractivity contribution in [1.29, 1.82) is 0 Å². The van der Waals surface area contributed by atoms with Crippen LogP contribution in [-0.4, -0.2) is 92.4 Å². The van der Waals surface area contributed by atoms with Crippen LogP contribution >= 0.6 is 23.1 Å². The summed E-state index contributed by atoms with van der Waals surface area (Å²) in [6, 6.07) is 76.2. The number of hydrogen-bond acceptors (Lipinski definition) is 13. The number of thiazole rings is 1. The first-order chi connectivity index (χ1) is 42.3. The van der Waals surface area contributed by atoms with Gasteiger partial charge in [-0.1, -0.05) is 248 Å². The second-order valence-electron chi connectivity index (χ2n) is 21.0. The van der Waals surface area contributed by atoms with Crippen LogP contribution in [0.3, 0.4) is 0 Å². The molecule has 0 spiro atoms. The molecule has 9 aromatic rings. The van der Waals surface area contributed by atoms with Crippen molar-refractivity contribution in [2.45, 2.75) is 47.5 Å². The number of amides is 3. The van der Waals surface area contributed by atoms with Crippen LogP contribution in [0.4, 0.5) is 9.93 Å². The van der Waals surface area contributed by atoms with Crippen LogP contribution in [0.5, 0.6) is 0 Å². The number of fused-ring (bicyclic) bond motifs is 1. The summed E-state index contributed by atoms with van der Waals surface area (Å²) in [6.45, 7) is -0.138. The number of aromatic nitrogens is 1. The van der Waals surface area contributed by atoms with Crippen LogP contribution in [0.2, 0.25) is 0 Å². The molecule has 0 aliphatic carbocycles.